The lowest BCUT2D eigenvalue weighted by Crippen LogP contribution is -2.03. The van der Waals surface area contributed by atoms with Gasteiger partial charge < -0.3 is 0 Å². The van der Waals surface area contributed by atoms with Crippen molar-refractivity contribution in [2.45, 2.75) is 134 Å². The number of hydrogen-bond acceptors (Lipinski definition) is 5. The maximum Gasteiger partial charge on any atom is 0.144 e. The first-order chi connectivity index (χ1) is 26.6. The second-order valence-corrected chi connectivity index (χ2v) is 15.8. The summed E-state index contributed by atoms with van der Waals surface area (Å²) in [4.78, 5) is 21.1. The maximum atomic E-state index is 12.9. The lowest BCUT2D eigenvalue weighted by atomic mass is 9.94. The minimum absolute atomic E-state index is 0.193. The van der Waals surface area contributed by atoms with Gasteiger partial charge >= 0.3 is 0 Å². The van der Waals surface area contributed by atoms with E-state index < -0.39 is 0 Å². The van der Waals surface area contributed by atoms with E-state index in [-0.39, 0.29) is 5.82 Å². The largest absolute Gasteiger partial charge is 0.261 e. The average molecular weight is 766 g/mol. The fourth-order valence-corrected chi connectivity index (χ4v) is 4.85. The highest BCUT2D eigenvalue weighted by molar-refractivity contribution is 5.11. The molecule has 0 bridgehead atoms. The molecule has 0 aliphatic rings. The van der Waals surface area contributed by atoms with Crippen LogP contribution in [0.3, 0.4) is 0 Å². The van der Waals surface area contributed by atoms with Crippen molar-refractivity contribution in [3.05, 3.63) is 150 Å². The van der Waals surface area contributed by atoms with Gasteiger partial charge in [-0.05, 0) is 103 Å². The smallest absolute Gasteiger partial charge is 0.144 e. The Balaban J connectivity index is 0.000000668. The minimum atomic E-state index is -0.193. The molecule has 5 aromatic heterocycles. The van der Waals surface area contributed by atoms with Crippen molar-refractivity contribution in [3.63, 3.8) is 0 Å². The third-order valence-electron chi connectivity index (χ3n) is 9.24. The molecule has 308 valence electrons. The standard InChI is InChI=1S/3C10H15N.C9H12FN.C9H13N.C2H6/c3*1-8(2)9(3)10-6-4-5-7-11-10;1-7(2)6-9-8(10)4-3-5-11-9;1-8(2)7-9-5-3-4-6-10-9;1-2/h3*4-9H,1-3H3;3-5,7H,6H2,1-2H3;3-6,8H,7H2,1-2H3;1-2H3/t2*9-;;;;/m10..../s1. The molecule has 56 heavy (non-hydrogen) atoms. The fourth-order valence-electron chi connectivity index (χ4n) is 4.85. The molecule has 5 heterocycles. The summed E-state index contributed by atoms with van der Waals surface area (Å²) in [7, 11) is 0. The molecule has 5 rings (SSSR count). The van der Waals surface area contributed by atoms with Gasteiger partial charge in [0.15, 0.2) is 0 Å². The Morgan fingerprint density at radius 2 is 0.732 bits per heavy atom. The van der Waals surface area contributed by atoms with Crippen LogP contribution < -0.4 is 0 Å². The Kier molecular flexibility index (Phi) is 28.5. The highest BCUT2D eigenvalue weighted by atomic mass is 19.1. The van der Waals surface area contributed by atoms with Gasteiger partial charge in [0, 0.05) is 71.5 Å². The lowest BCUT2D eigenvalue weighted by Gasteiger charge is -2.13. The van der Waals surface area contributed by atoms with Gasteiger partial charge in [-0.15, -0.1) is 0 Å². The van der Waals surface area contributed by atoms with Crippen molar-refractivity contribution in [1.29, 1.82) is 0 Å². The molecule has 0 saturated carbocycles. The molecule has 0 radical (unpaired) electrons. The van der Waals surface area contributed by atoms with E-state index in [1.54, 1.807) is 12.3 Å². The first-order valence-corrected chi connectivity index (χ1v) is 20.9. The van der Waals surface area contributed by atoms with Crippen molar-refractivity contribution in [1.82, 2.24) is 24.9 Å². The van der Waals surface area contributed by atoms with Crippen LogP contribution in [0.1, 0.15) is 150 Å². The van der Waals surface area contributed by atoms with E-state index in [2.05, 4.69) is 125 Å². The van der Waals surface area contributed by atoms with Crippen molar-refractivity contribution in [2.75, 3.05) is 0 Å². The van der Waals surface area contributed by atoms with Gasteiger partial charge in [0.25, 0.3) is 0 Å². The van der Waals surface area contributed by atoms with Crippen molar-refractivity contribution in [3.8, 4) is 0 Å². The van der Waals surface area contributed by atoms with Gasteiger partial charge in [0.1, 0.15) is 5.82 Å². The first kappa shape index (κ1) is 51.7. The molecular weight excluding hydrogens is 690 g/mol. The summed E-state index contributed by atoms with van der Waals surface area (Å²) < 4.78 is 12.9. The van der Waals surface area contributed by atoms with Crippen molar-refractivity contribution >= 4 is 0 Å². The van der Waals surface area contributed by atoms with Crippen LogP contribution in [0.4, 0.5) is 4.39 Å². The number of pyridine rings is 5. The first-order valence-electron chi connectivity index (χ1n) is 20.9. The molecule has 0 spiro atoms. The molecule has 1 unspecified atom stereocenters. The van der Waals surface area contributed by atoms with E-state index in [4.69, 9.17) is 0 Å². The molecule has 0 fully saturated rings. The topological polar surface area (TPSA) is 64.5 Å². The van der Waals surface area contributed by atoms with Crippen LogP contribution in [0.25, 0.3) is 0 Å². The third kappa shape index (κ3) is 23.6. The Bertz CT molecular complexity index is 1480. The van der Waals surface area contributed by atoms with Crippen LogP contribution in [-0.4, -0.2) is 24.9 Å². The van der Waals surface area contributed by atoms with Crippen LogP contribution in [0.5, 0.6) is 0 Å². The number of aromatic nitrogens is 5. The number of rotatable bonds is 10. The highest BCUT2D eigenvalue weighted by Crippen LogP contribution is 2.22. The van der Waals surface area contributed by atoms with Crippen LogP contribution in [0.15, 0.2) is 116 Å². The van der Waals surface area contributed by atoms with Crippen molar-refractivity contribution in [2.24, 2.45) is 29.6 Å². The zero-order valence-electron chi connectivity index (χ0n) is 37.6. The van der Waals surface area contributed by atoms with E-state index >= 15 is 0 Å². The number of hydrogen-bond donors (Lipinski definition) is 0. The highest BCUT2D eigenvalue weighted by Gasteiger charge is 2.11. The molecule has 5 aromatic rings. The number of nitrogens with zero attached hydrogens (tertiary/aromatic N) is 5. The van der Waals surface area contributed by atoms with Crippen LogP contribution >= 0.6 is 0 Å². The molecule has 0 aliphatic carbocycles. The zero-order chi connectivity index (χ0) is 42.5. The minimum Gasteiger partial charge on any atom is -0.261 e. The summed E-state index contributed by atoms with van der Waals surface area (Å²) in [5.74, 6) is 4.68. The normalized spacial score (nSPS) is 11.9. The molecular formula is C50H76FN5. The van der Waals surface area contributed by atoms with E-state index in [0.717, 1.165) is 6.42 Å². The predicted molar refractivity (Wildman–Crippen MR) is 239 cm³/mol. The predicted octanol–water partition coefficient (Wildman–Crippen LogP) is 14.2. The van der Waals surface area contributed by atoms with Crippen LogP contribution in [0, 0.1) is 35.4 Å². The van der Waals surface area contributed by atoms with E-state index in [1.165, 1.54) is 28.8 Å². The maximum absolute atomic E-state index is 12.9. The lowest BCUT2D eigenvalue weighted by molar-refractivity contribution is 0.523. The Labute approximate surface area is 342 Å². The number of halogens is 1. The van der Waals surface area contributed by atoms with Crippen LogP contribution in [-0.2, 0) is 12.8 Å². The van der Waals surface area contributed by atoms with E-state index in [9.17, 15) is 4.39 Å². The average Bonchev–Trinajstić information content (AvgIpc) is 3.20. The zero-order valence-corrected chi connectivity index (χ0v) is 37.6. The summed E-state index contributed by atoms with van der Waals surface area (Å²) in [6.07, 6.45) is 10.8. The monoisotopic (exact) mass is 766 g/mol. The molecule has 0 aliphatic heterocycles. The second kappa shape index (κ2) is 30.8. The van der Waals surface area contributed by atoms with Crippen LogP contribution in [0.2, 0.25) is 0 Å². The Morgan fingerprint density at radius 3 is 1.00 bits per heavy atom. The molecule has 0 aromatic carbocycles. The fraction of sp³-hybridized carbons (Fsp3) is 0.500. The Morgan fingerprint density at radius 1 is 0.393 bits per heavy atom. The summed E-state index contributed by atoms with van der Waals surface area (Å²) in [5.41, 5.74) is 5.35. The molecule has 0 N–H and O–H groups in total. The summed E-state index contributed by atoms with van der Waals surface area (Å²) in [6, 6.07) is 27.4. The molecule has 0 saturated heterocycles. The SMILES string of the molecule is CC.CC(C)C(C)c1ccccn1.CC(C)Cc1ccccn1.CC(C)Cc1ncccc1F.CC(C)[C@@H](C)c1ccccn1.CC(C)[C@H](C)c1ccccn1. The molecule has 5 nitrogen and oxygen atoms in total. The third-order valence-corrected chi connectivity index (χ3v) is 9.24. The van der Waals surface area contributed by atoms with Crippen molar-refractivity contribution < 1.29 is 4.39 Å². The van der Waals surface area contributed by atoms with E-state index in [1.807, 2.05) is 101 Å². The van der Waals surface area contributed by atoms with Gasteiger partial charge in [-0.25, -0.2) is 4.39 Å². The van der Waals surface area contributed by atoms with Gasteiger partial charge in [-0.3, -0.25) is 24.9 Å². The summed E-state index contributed by atoms with van der Waals surface area (Å²) in [6.45, 7) is 32.5. The Hall–Kier alpha value is -4.32. The second-order valence-electron chi connectivity index (χ2n) is 15.8. The quantitative estimate of drug-likeness (QED) is 0.142. The molecule has 6 heteroatoms. The summed E-state index contributed by atoms with van der Waals surface area (Å²) in [5, 5.41) is 0. The van der Waals surface area contributed by atoms with Gasteiger partial charge in [-0.2, -0.15) is 0 Å². The van der Waals surface area contributed by atoms with Gasteiger partial charge in [-0.1, -0.05) is 128 Å². The van der Waals surface area contributed by atoms with Gasteiger partial charge in [0.2, 0.25) is 0 Å². The van der Waals surface area contributed by atoms with E-state index in [0.29, 0.717) is 59.5 Å². The molecule has 0 amide bonds. The molecule has 3 atom stereocenters. The van der Waals surface area contributed by atoms with Gasteiger partial charge in [0.05, 0.1) is 5.69 Å². The summed E-state index contributed by atoms with van der Waals surface area (Å²) >= 11 is 0.